The number of hydrogen-bond donors (Lipinski definition) is 0. The van der Waals surface area contributed by atoms with Crippen LogP contribution in [0, 0.1) is 11.8 Å². The van der Waals surface area contributed by atoms with Gasteiger partial charge in [-0.05, 0) is 70.6 Å². The van der Waals surface area contributed by atoms with E-state index in [1.54, 1.807) is 0 Å². The summed E-state index contributed by atoms with van der Waals surface area (Å²) in [6.45, 7) is 4.00. The minimum atomic E-state index is 0.0797. The number of carbonyl (C=O) groups is 2. The van der Waals surface area contributed by atoms with Crippen molar-refractivity contribution in [1.82, 2.24) is 9.80 Å². The van der Waals surface area contributed by atoms with Crippen LogP contribution in [0.4, 0.5) is 0 Å². The zero-order valence-electron chi connectivity index (χ0n) is 25.1. The topological polar surface area (TPSA) is 40.6 Å². The van der Waals surface area contributed by atoms with Crippen LogP contribution in [0.3, 0.4) is 0 Å². The highest BCUT2D eigenvalue weighted by molar-refractivity contribution is 5.83. The van der Waals surface area contributed by atoms with Crippen LogP contribution >= 0.6 is 0 Å². The van der Waals surface area contributed by atoms with Crippen LogP contribution in [-0.2, 0) is 9.59 Å². The largest absolute Gasteiger partial charge is 0.336 e. The van der Waals surface area contributed by atoms with Crippen LogP contribution in [0.1, 0.15) is 168 Å². The number of rotatable bonds is 6. The van der Waals surface area contributed by atoms with Gasteiger partial charge in [0.1, 0.15) is 0 Å². The molecule has 0 heterocycles. The van der Waals surface area contributed by atoms with Gasteiger partial charge in [0.05, 0.1) is 0 Å². The van der Waals surface area contributed by atoms with Crippen molar-refractivity contribution in [3.05, 3.63) is 0 Å². The summed E-state index contributed by atoms with van der Waals surface area (Å²) in [7, 11) is 0. The van der Waals surface area contributed by atoms with E-state index >= 15 is 0 Å². The van der Waals surface area contributed by atoms with Crippen LogP contribution < -0.4 is 0 Å². The van der Waals surface area contributed by atoms with Crippen LogP contribution in [0.2, 0.25) is 0 Å². The van der Waals surface area contributed by atoms with Gasteiger partial charge in [-0.15, -0.1) is 0 Å². The van der Waals surface area contributed by atoms with E-state index in [2.05, 4.69) is 9.80 Å². The van der Waals surface area contributed by atoms with Crippen LogP contribution in [0.15, 0.2) is 0 Å². The molecule has 5 fully saturated rings. The summed E-state index contributed by atoms with van der Waals surface area (Å²) in [5, 5.41) is 0. The van der Waals surface area contributed by atoms with Crippen molar-refractivity contribution in [3.63, 3.8) is 0 Å². The second-order valence-corrected chi connectivity index (χ2v) is 13.2. The van der Waals surface area contributed by atoms with Gasteiger partial charge >= 0.3 is 0 Å². The molecule has 5 aliphatic rings. The molecule has 0 aromatic rings. The van der Waals surface area contributed by atoms with Gasteiger partial charge in [-0.1, -0.05) is 97.3 Å². The van der Waals surface area contributed by atoms with E-state index in [1.165, 1.54) is 128 Å². The first-order valence-corrected chi connectivity index (χ1v) is 17.4. The van der Waals surface area contributed by atoms with Crippen molar-refractivity contribution >= 4 is 11.8 Å². The number of hydrogen-bond acceptors (Lipinski definition) is 2. The number of carbonyl (C=O) groups excluding carboxylic acids is 2. The SMILES string of the molecule is CC.O=C(C1CCCC(C(=O)N(C2CCCCC2)C2CCCCC2)C1)N(C1CCCCC1)C1CCCCC1. The highest BCUT2D eigenvalue weighted by Crippen LogP contribution is 2.39. The van der Waals surface area contributed by atoms with E-state index in [-0.39, 0.29) is 11.8 Å². The lowest BCUT2D eigenvalue weighted by Crippen LogP contribution is -2.53. The molecule has 4 heteroatoms. The maximum atomic E-state index is 14.2. The number of amides is 2. The van der Waals surface area contributed by atoms with Gasteiger partial charge in [-0.2, -0.15) is 0 Å². The monoisotopic (exact) mass is 528 g/mol. The molecular weight excluding hydrogens is 468 g/mol. The predicted octanol–water partition coefficient (Wildman–Crippen LogP) is 8.81. The molecule has 5 rings (SSSR count). The lowest BCUT2D eigenvalue weighted by Gasteiger charge is -2.46. The third-order valence-electron chi connectivity index (χ3n) is 10.8. The van der Waals surface area contributed by atoms with Gasteiger partial charge < -0.3 is 9.80 Å². The predicted molar refractivity (Wildman–Crippen MR) is 158 cm³/mol. The Morgan fingerprint density at radius 3 is 0.921 bits per heavy atom. The van der Waals surface area contributed by atoms with Gasteiger partial charge in [0, 0.05) is 36.0 Å². The van der Waals surface area contributed by atoms with Gasteiger partial charge in [0.15, 0.2) is 0 Å². The Morgan fingerprint density at radius 2 is 0.658 bits per heavy atom. The maximum Gasteiger partial charge on any atom is 0.226 e. The maximum absolute atomic E-state index is 14.2. The second kappa shape index (κ2) is 15.7. The second-order valence-electron chi connectivity index (χ2n) is 13.2. The van der Waals surface area contributed by atoms with Crippen LogP contribution in [0.25, 0.3) is 0 Å². The Bertz CT molecular complexity index is 605. The summed E-state index contributed by atoms with van der Waals surface area (Å²) in [4.78, 5) is 33.3. The molecule has 0 radical (unpaired) electrons. The normalized spacial score (nSPS) is 28.7. The molecule has 0 N–H and O–H groups in total. The van der Waals surface area contributed by atoms with E-state index in [0.29, 0.717) is 36.0 Å². The molecule has 5 aliphatic carbocycles. The Balaban J connectivity index is 0.00000164. The van der Waals surface area contributed by atoms with Crippen molar-refractivity contribution in [3.8, 4) is 0 Å². The van der Waals surface area contributed by atoms with E-state index < -0.39 is 0 Å². The molecule has 0 aromatic carbocycles. The standard InChI is InChI=1S/C32H54N2O2.C2H6/c35-31(33(27-16-5-1-6-17-27)28-18-7-2-8-19-28)25-14-13-15-26(24-25)32(36)34(29-20-9-3-10-21-29)30-22-11-4-12-23-30;1-2/h25-30H,1-24H2;1-2H3. The van der Waals surface area contributed by atoms with Crippen LogP contribution in [0.5, 0.6) is 0 Å². The Hall–Kier alpha value is -1.06. The smallest absolute Gasteiger partial charge is 0.226 e. The summed E-state index contributed by atoms with van der Waals surface area (Å²) < 4.78 is 0. The van der Waals surface area contributed by atoms with Crippen molar-refractivity contribution in [2.24, 2.45) is 11.8 Å². The number of nitrogens with zero attached hydrogens (tertiary/aromatic N) is 2. The average Bonchev–Trinajstić information content (AvgIpc) is 3.00. The van der Waals surface area contributed by atoms with Crippen molar-refractivity contribution in [2.75, 3.05) is 0 Å². The van der Waals surface area contributed by atoms with Crippen molar-refractivity contribution < 1.29 is 9.59 Å². The molecule has 0 saturated heterocycles. The molecular formula is C34H60N2O2. The Kier molecular flexibility index (Phi) is 12.3. The first-order chi connectivity index (χ1) is 18.7. The lowest BCUT2D eigenvalue weighted by atomic mass is 9.77. The van der Waals surface area contributed by atoms with Crippen LogP contribution in [-0.4, -0.2) is 45.8 Å². The molecule has 5 saturated carbocycles. The highest BCUT2D eigenvalue weighted by Gasteiger charge is 2.42. The molecule has 2 unspecified atom stereocenters. The van der Waals surface area contributed by atoms with E-state index in [0.717, 1.165) is 25.7 Å². The van der Waals surface area contributed by atoms with Crippen molar-refractivity contribution in [2.45, 2.75) is 192 Å². The summed E-state index contributed by atoms with van der Waals surface area (Å²) in [5.41, 5.74) is 0. The lowest BCUT2D eigenvalue weighted by molar-refractivity contribution is -0.148. The third-order valence-corrected chi connectivity index (χ3v) is 10.8. The fraction of sp³-hybridized carbons (Fsp3) is 0.941. The first kappa shape index (κ1) is 29.9. The average molecular weight is 529 g/mol. The van der Waals surface area contributed by atoms with Gasteiger partial charge in [-0.3, -0.25) is 9.59 Å². The molecule has 0 aliphatic heterocycles. The fourth-order valence-corrected chi connectivity index (χ4v) is 8.81. The summed E-state index contributed by atoms with van der Waals surface area (Å²) in [6, 6.07) is 1.86. The molecule has 218 valence electrons. The zero-order chi connectivity index (χ0) is 26.7. The fourth-order valence-electron chi connectivity index (χ4n) is 8.81. The zero-order valence-corrected chi connectivity index (χ0v) is 25.1. The van der Waals surface area contributed by atoms with E-state index in [4.69, 9.17) is 0 Å². The molecule has 4 nitrogen and oxygen atoms in total. The summed E-state index contributed by atoms with van der Waals surface area (Å²) in [5.74, 6) is 1.04. The summed E-state index contributed by atoms with van der Waals surface area (Å²) >= 11 is 0. The summed E-state index contributed by atoms with van der Waals surface area (Å²) in [6.07, 6.45) is 29.1. The van der Waals surface area contributed by atoms with Crippen molar-refractivity contribution in [1.29, 1.82) is 0 Å². The minimum Gasteiger partial charge on any atom is -0.336 e. The van der Waals surface area contributed by atoms with Gasteiger partial charge in [0.2, 0.25) is 11.8 Å². The third kappa shape index (κ3) is 7.57. The van der Waals surface area contributed by atoms with Gasteiger partial charge in [-0.25, -0.2) is 0 Å². The quantitative estimate of drug-likeness (QED) is 0.345. The molecule has 0 spiro atoms. The molecule has 0 aromatic heterocycles. The Morgan fingerprint density at radius 1 is 0.395 bits per heavy atom. The molecule has 2 amide bonds. The van der Waals surface area contributed by atoms with E-state index in [1.807, 2.05) is 13.8 Å². The molecule has 2 atom stereocenters. The first-order valence-electron chi connectivity index (χ1n) is 17.4. The highest BCUT2D eigenvalue weighted by atomic mass is 16.2. The minimum absolute atomic E-state index is 0.0797. The van der Waals surface area contributed by atoms with Gasteiger partial charge in [0.25, 0.3) is 0 Å². The molecule has 0 bridgehead atoms. The molecule has 38 heavy (non-hydrogen) atoms. The Labute approximate surface area is 235 Å². The van der Waals surface area contributed by atoms with E-state index in [9.17, 15) is 9.59 Å².